The van der Waals surface area contributed by atoms with E-state index in [0.29, 0.717) is 30.2 Å². The molecule has 0 atom stereocenters. The Bertz CT molecular complexity index is 1050. The Labute approximate surface area is 168 Å². The number of piperazine rings is 1. The molecule has 29 heavy (non-hydrogen) atoms. The second-order valence-corrected chi connectivity index (χ2v) is 7.40. The maximum Gasteiger partial charge on any atom is 0.332 e. The smallest absolute Gasteiger partial charge is 0.332 e. The summed E-state index contributed by atoms with van der Waals surface area (Å²) in [4.78, 5) is 44.9. The third-order valence-electron chi connectivity index (χ3n) is 4.97. The van der Waals surface area contributed by atoms with E-state index in [-0.39, 0.29) is 12.5 Å². The van der Waals surface area contributed by atoms with Gasteiger partial charge in [0.05, 0.1) is 0 Å². The van der Waals surface area contributed by atoms with Crippen molar-refractivity contribution in [1.29, 1.82) is 0 Å². The lowest BCUT2D eigenvalue weighted by atomic mass is 10.3. The van der Waals surface area contributed by atoms with Crippen molar-refractivity contribution in [2.45, 2.75) is 33.9 Å². The van der Waals surface area contributed by atoms with E-state index < -0.39 is 11.2 Å². The molecule has 1 aliphatic heterocycles. The highest BCUT2D eigenvalue weighted by molar-refractivity contribution is 5.77. The summed E-state index contributed by atoms with van der Waals surface area (Å²) < 4.78 is 4.18. The number of imidazole rings is 1. The third-order valence-corrected chi connectivity index (χ3v) is 4.97. The van der Waals surface area contributed by atoms with Crippen LogP contribution in [0.4, 0.5) is 5.95 Å². The topological polar surface area (TPSA) is 106 Å². The predicted molar refractivity (Wildman–Crippen MR) is 112 cm³/mol. The number of fused-ring (bicyclic) bond motifs is 1. The second kappa shape index (κ2) is 8.64. The maximum atomic E-state index is 13.3. The van der Waals surface area contributed by atoms with Gasteiger partial charge >= 0.3 is 5.69 Å². The molecule has 0 aliphatic carbocycles. The van der Waals surface area contributed by atoms with E-state index >= 15 is 0 Å². The Morgan fingerprint density at radius 2 is 1.90 bits per heavy atom. The van der Waals surface area contributed by atoms with E-state index in [2.05, 4.69) is 20.5 Å². The first-order valence-electron chi connectivity index (χ1n) is 9.91. The van der Waals surface area contributed by atoms with E-state index in [1.165, 1.54) is 4.57 Å². The van der Waals surface area contributed by atoms with Crippen molar-refractivity contribution in [2.24, 2.45) is 7.05 Å². The number of likely N-dealkylation sites (N-methyl/N-ethyl adjacent to an activating group) is 1. The van der Waals surface area contributed by atoms with E-state index in [1.54, 1.807) is 14.0 Å². The molecule has 1 saturated heterocycles. The van der Waals surface area contributed by atoms with Gasteiger partial charge in [-0.25, -0.2) is 9.36 Å². The fraction of sp³-hybridized carbons (Fsp3) is 0.579. The Morgan fingerprint density at radius 1 is 1.21 bits per heavy atom. The molecule has 1 amide bonds. The van der Waals surface area contributed by atoms with Crippen LogP contribution in [0.2, 0.25) is 0 Å². The lowest BCUT2D eigenvalue weighted by Crippen LogP contribution is -2.45. The number of nitrogens with one attached hydrogen (secondary N) is 2. The average Bonchev–Trinajstić information content (AvgIpc) is 3.08. The number of carbonyl (C=O) groups excluding carboxylic acids is 1. The Hall–Kier alpha value is -2.88. The van der Waals surface area contributed by atoms with Crippen molar-refractivity contribution < 1.29 is 4.79 Å². The van der Waals surface area contributed by atoms with Gasteiger partial charge in [0.2, 0.25) is 11.9 Å². The number of anilines is 1. The molecule has 3 heterocycles. The zero-order valence-electron chi connectivity index (χ0n) is 17.5. The predicted octanol–water partition coefficient (Wildman–Crippen LogP) is -0.591. The van der Waals surface area contributed by atoms with E-state index in [9.17, 15) is 14.4 Å². The summed E-state index contributed by atoms with van der Waals surface area (Å²) in [5.74, 6) is 0.297. The van der Waals surface area contributed by atoms with Crippen molar-refractivity contribution in [3.8, 4) is 0 Å². The number of hydrogen-bond donors (Lipinski definition) is 2. The molecule has 10 nitrogen and oxygen atoms in total. The minimum absolute atomic E-state index is 0.313. The van der Waals surface area contributed by atoms with Crippen molar-refractivity contribution in [3.63, 3.8) is 0 Å². The molecule has 2 aromatic rings. The average molecular weight is 403 g/mol. The molecule has 1 aliphatic rings. The molecule has 1 fully saturated rings. The van der Waals surface area contributed by atoms with Gasteiger partial charge in [-0.2, -0.15) is 4.98 Å². The summed E-state index contributed by atoms with van der Waals surface area (Å²) in [5, 5.41) is 5.94. The van der Waals surface area contributed by atoms with Crippen LogP contribution in [-0.2, 0) is 24.9 Å². The van der Waals surface area contributed by atoms with Crippen LogP contribution in [0.25, 0.3) is 11.2 Å². The molecule has 2 aromatic heterocycles. The highest BCUT2D eigenvalue weighted by Gasteiger charge is 2.24. The lowest BCUT2D eigenvalue weighted by molar-refractivity contribution is -0.121. The first-order chi connectivity index (χ1) is 13.8. The standard InChI is InChI=1S/C19H29N7O3/c1-5-21-14(27)12-26-17(28)15-16(23(4)19(26)29)22-18(24-10-7-20-8-11-24)25(15)9-6-13(2)3/h6,20H,5,7-12H2,1-4H3,(H,21,27). The van der Waals surface area contributed by atoms with Crippen molar-refractivity contribution in [3.05, 3.63) is 32.5 Å². The summed E-state index contributed by atoms with van der Waals surface area (Å²) >= 11 is 0. The minimum atomic E-state index is -0.549. The number of allylic oxidation sites excluding steroid dienone is 2. The molecule has 3 rings (SSSR count). The largest absolute Gasteiger partial charge is 0.355 e. The lowest BCUT2D eigenvalue weighted by Gasteiger charge is -2.28. The summed E-state index contributed by atoms with van der Waals surface area (Å²) in [6, 6.07) is 0. The second-order valence-electron chi connectivity index (χ2n) is 7.40. The van der Waals surface area contributed by atoms with E-state index in [1.807, 2.05) is 24.5 Å². The molecular formula is C19H29N7O3. The van der Waals surface area contributed by atoms with Crippen LogP contribution in [0.5, 0.6) is 0 Å². The molecule has 0 aromatic carbocycles. The van der Waals surface area contributed by atoms with Crippen molar-refractivity contribution in [2.75, 3.05) is 37.6 Å². The van der Waals surface area contributed by atoms with Crippen LogP contribution >= 0.6 is 0 Å². The number of nitrogens with zero attached hydrogens (tertiary/aromatic N) is 5. The Morgan fingerprint density at radius 3 is 2.52 bits per heavy atom. The molecule has 10 heteroatoms. The number of aryl methyl sites for hydroxylation is 1. The summed E-state index contributed by atoms with van der Waals surface area (Å²) in [7, 11) is 1.58. The number of rotatable bonds is 6. The molecule has 0 unspecified atom stereocenters. The number of amides is 1. The van der Waals surface area contributed by atoms with Gasteiger partial charge in [-0.1, -0.05) is 11.6 Å². The van der Waals surface area contributed by atoms with Gasteiger partial charge in [0.1, 0.15) is 6.54 Å². The monoisotopic (exact) mass is 403 g/mol. The Kier molecular flexibility index (Phi) is 6.21. The van der Waals surface area contributed by atoms with Crippen molar-refractivity contribution in [1.82, 2.24) is 29.3 Å². The van der Waals surface area contributed by atoms with Gasteiger partial charge in [0.25, 0.3) is 5.56 Å². The zero-order chi connectivity index (χ0) is 21.1. The van der Waals surface area contributed by atoms with Crippen LogP contribution in [0.1, 0.15) is 20.8 Å². The van der Waals surface area contributed by atoms with Crippen LogP contribution in [0.3, 0.4) is 0 Å². The minimum Gasteiger partial charge on any atom is -0.355 e. The van der Waals surface area contributed by atoms with Gasteiger partial charge in [-0.15, -0.1) is 0 Å². The van der Waals surface area contributed by atoms with E-state index in [4.69, 9.17) is 0 Å². The SMILES string of the molecule is CCNC(=O)Cn1c(=O)c2c(nc(N3CCNCC3)n2CC=C(C)C)n(C)c1=O. The fourth-order valence-electron chi connectivity index (χ4n) is 3.45. The summed E-state index contributed by atoms with van der Waals surface area (Å²) in [5.41, 5.74) is 0.744. The third kappa shape index (κ3) is 4.12. The highest BCUT2D eigenvalue weighted by Crippen LogP contribution is 2.20. The molecule has 158 valence electrons. The molecule has 0 spiro atoms. The molecule has 0 bridgehead atoms. The van der Waals surface area contributed by atoms with E-state index in [0.717, 1.165) is 36.3 Å². The number of hydrogen-bond acceptors (Lipinski definition) is 6. The first kappa shape index (κ1) is 20.8. The zero-order valence-corrected chi connectivity index (χ0v) is 17.5. The quantitative estimate of drug-likeness (QED) is 0.625. The molecular weight excluding hydrogens is 374 g/mol. The van der Waals surface area contributed by atoms with Crippen LogP contribution in [0.15, 0.2) is 21.2 Å². The molecule has 0 radical (unpaired) electrons. The van der Waals surface area contributed by atoms with Crippen LogP contribution in [0, 0.1) is 0 Å². The summed E-state index contributed by atoms with van der Waals surface area (Å²) in [6.45, 7) is 9.53. The number of carbonyl (C=O) groups is 1. The fourth-order valence-corrected chi connectivity index (χ4v) is 3.45. The molecule has 2 N–H and O–H groups in total. The number of aromatic nitrogens is 4. The maximum absolute atomic E-state index is 13.3. The van der Waals surface area contributed by atoms with Gasteiger partial charge < -0.3 is 20.1 Å². The summed E-state index contributed by atoms with van der Waals surface area (Å²) in [6.07, 6.45) is 2.02. The van der Waals surface area contributed by atoms with Gasteiger partial charge in [-0.3, -0.25) is 14.2 Å². The van der Waals surface area contributed by atoms with Gasteiger partial charge in [0, 0.05) is 46.3 Å². The highest BCUT2D eigenvalue weighted by atomic mass is 16.2. The Balaban J connectivity index is 2.24. The van der Waals surface area contributed by atoms with Gasteiger partial charge in [-0.05, 0) is 20.8 Å². The van der Waals surface area contributed by atoms with Crippen molar-refractivity contribution >= 4 is 23.0 Å². The van der Waals surface area contributed by atoms with Gasteiger partial charge in [0.15, 0.2) is 11.2 Å². The molecule has 0 saturated carbocycles. The first-order valence-corrected chi connectivity index (χ1v) is 9.91. The van der Waals surface area contributed by atoms with Crippen LogP contribution < -0.4 is 26.8 Å². The normalized spacial score (nSPS) is 14.3. The van der Waals surface area contributed by atoms with Crippen LogP contribution in [-0.4, -0.2) is 57.3 Å².